The Labute approximate surface area is 122 Å². The van der Waals surface area contributed by atoms with Crippen molar-refractivity contribution >= 4 is 15.7 Å². The topological polar surface area (TPSA) is 71.1 Å². The lowest BCUT2D eigenvalue weighted by Crippen LogP contribution is -2.27. The van der Waals surface area contributed by atoms with Crippen LogP contribution >= 0.6 is 0 Å². The largest absolute Gasteiger partial charge is 0.389 e. The van der Waals surface area contributed by atoms with Crippen molar-refractivity contribution in [1.29, 1.82) is 0 Å². The first-order chi connectivity index (χ1) is 9.76. The van der Waals surface area contributed by atoms with E-state index in [-0.39, 0.29) is 17.9 Å². The number of nitrogens with zero attached hydrogens (tertiary/aromatic N) is 1. The molecule has 1 rings (SSSR count). The highest BCUT2D eigenvalue weighted by atomic mass is 32.2. The molecule has 0 radical (unpaired) electrons. The molecule has 0 unspecified atom stereocenters. The van der Waals surface area contributed by atoms with Crippen molar-refractivity contribution in [3.05, 3.63) is 18.5 Å². The van der Waals surface area contributed by atoms with E-state index in [2.05, 4.69) is 15.0 Å². The molecule has 1 aromatic heterocycles. The van der Waals surface area contributed by atoms with Gasteiger partial charge in [-0.2, -0.15) is 13.2 Å². The summed E-state index contributed by atoms with van der Waals surface area (Å²) in [7, 11) is -3.88. The minimum Gasteiger partial charge on any atom is -0.384 e. The van der Waals surface area contributed by atoms with Crippen LogP contribution in [-0.2, 0) is 10.0 Å². The maximum Gasteiger partial charge on any atom is 0.389 e. The SMILES string of the molecule is CCCNc1ccncc1S(=O)(=O)NCCCC(F)(F)F. The summed E-state index contributed by atoms with van der Waals surface area (Å²) >= 11 is 0. The Morgan fingerprint density at radius 3 is 2.62 bits per heavy atom. The molecule has 0 atom stereocenters. The lowest BCUT2D eigenvalue weighted by atomic mass is 10.3. The molecule has 0 aliphatic heterocycles. The van der Waals surface area contributed by atoms with E-state index >= 15 is 0 Å². The first-order valence-corrected chi connectivity index (χ1v) is 7.99. The lowest BCUT2D eigenvalue weighted by Gasteiger charge is -2.12. The standard InChI is InChI=1S/C12H18F3N3O2S/c1-2-6-17-10-4-8-16-9-11(10)21(19,20)18-7-3-5-12(13,14)15/h4,8-9,18H,2-3,5-7H2,1H3,(H,16,17). The summed E-state index contributed by atoms with van der Waals surface area (Å²) in [6.07, 6.45) is -2.19. The smallest absolute Gasteiger partial charge is 0.384 e. The summed E-state index contributed by atoms with van der Waals surface area (Å²) in [5.41, 5.74) is 0.384. The Balaban J connectivity index is 2.70. The second-order valence-electron chi connectivity index (χ2n) is 4.42. The third-order valence-electron chi connectivity index (χ3n) is 2.57. The minimum absolute atomic E-state index is 0.0644. The van der Waals surface area contributed by atoms with Crippen molar-refractivity contribution < 1.29 is 21.6 Å². The van der Waals surface area contributed by atoms with E-state index in [4.69, 9.17) is 0 Å². The minimum atomic E-state index is -4.28. The number of anilines is 1. The number of nitrogens with one attached hydrogen (secondary N) is 2. The van der Waals surface area contributed by atoms with E-state index in [0.717, 1.165) is 6.42 Å². The zero-order valence-corrected chi connectivity index (χ0v) is 12.4. The molecule has 0 saturated heterocycles. The fourth-order valence-corrected chi connectivity index (χ4v) is 2.77. The van der Waals surface area contributed by atoms with E-state index in [1.54, 1.807) is 0 Å². The maximum atomic E-state index is 12.1. The van der Waals surface area contributed by atoms with Gasteiger partial charge in [-0.3, -0.25) is 4.98 Å². The first-order valence-electron chi connectivity index (χ1n) is 6.50. The van der Waals surface area contributed by atoms with Crippen molar-refractivity contribution in [2.75, 3.05) is 18.4 Å². The van der Waals surface area contributed by atoms with Crippen LogP contribution in [0.5, 0.6) is 0 Å². The van der Waals surface area contributed by atoms with Crippen molar-refractivity contribution in [3.63, 3.8) is 0 Å². The molecule has 0 bridgehead atoms. The van der Waals surface area contributed by atoms with E-state index < -0.39 is 22.6 Å². The molecular formula is C12H18F3N3O2S. The molecule has 0 aromatic carbocycles. The Kier molecular flexibility index (Phi) is 6.41. The van der Waals surface area contributed by atoms with Gasteiger partial charge in [0.15, 0.2) is 0 Å². The summed E-state index contributed by atoms with van der Waals surface area (Å²) in [6.45, 7) is 2.24. The van der Waals surface area contributed by atoms with Gasteiger partial charge in [0.1, 0.15) is 4.90 Å². The van der Waals surface area contributed by atoms with Gasteiger partial charge in [0.25, 0.3) is 0 Å². The van der Waals surface area contributed by atoms with Crippen LogP contribution in [0, 0.1) is 0 Å². The number of rotatable bonds is 8. The molecule has 0 spiro atoms. The molecule has 2 N–H and O–H groups in total. The van der Waals surface area contributed by atoms with Crippen LogP contribution in [0.3, 0.4) is 0 Å². The van der Waals surface area contributed by atoms with Gasteiger partial charge in [-0.05, 0) is 18.9 Å². The second-order valence-corrected chi connectivity index (χ2v) is 6.15. The Hall–Kier alpha value is -1.35. The second kappa shape index (κ2) is 7.60. The van der Waals surface area contributed by atoms with Gasteiger partial charge in [-0.15, -0.1) is 0 Å². The van der Waals surface area contributed by atoms with Crippen LogP contribution in [0.2, 0.25) is 0 Å². The third-order valence-corrected chi connectivity index (χ3v) is 4.06. The quantitative estimate of drug-likeness (QED) is 0.721. The lowest BCUT2D eigenvalue weighted by molar-refractivity contribution is -0.135. The molecule has 0 fully saturated rings. The Bertz CT molecular complexity index is 547. The van der Waals surface area contributed by atoms with E-state index in [9.17, 15) is 21.6 Å². The van der Waals surface area contributed by atoms with Crippen LogP contribution in [0.1, 0.15) is 26.2 Å². The Morgan fingerprint density at radius 1 is 1.29 bits per heavy atom. The zero-order chi connectivity index (χ0) is 15.9. The van der Waals surface area contributed by atoms with Gasteiger partial charge in [-0.25, -0.2) is 13.1 Å². The molecule has 120 valence electrons. The highest BCUT2D eigenvalue weighted by molar-refractivity contribution is 7.89. The average molecular weight is 325 g/mol. The molecule has 9 heteroatoms. The summed E-state index contributed by atoms with van der Waals surface area (Å²) in [5, 5.41) is 2.94. The number of alkyl halides is 3. The molecule has 0 saturated carbocycles. The van der Waals surface area contributed by atoms with Gasteiger partial charge in [0, 0.05) is 31.9 Å². The fraction of sp³-hybridized carbons (Fsp3) is 0.583. The fourth-order valence-electron chi connectivity index (χ4n) is 1.57. The first kappa shape index (κ1) is 17.7. The summed E-state index contributed by atoms with van der Waals surface area (Å²) in [5.74, 6) is 0. The van der Waals surface area contributed by atoms with Gasteiger partial charge in [-0.1, -0.05) is 6.92 Å². The number of sulfonamides is 1. The third kappa shape index (κ3) is 6.30. The number of halogens is 3. The highest BCUT2D eigenvalue weighted by Crippen LogP contribution is 2.22. The van der Waals surface area contributed by atoms with E-state index in [1.807, 2.05) is 6.92 Å². The molecular weight excluding hydrogens is 307 g/mol. The van der Waals surface area contributed by atoms with Gasteiger partial charge < -0.3 is 5.32 Å². The molecule has 0 aliphatic rings. The molecule has 5 nitrogen and oxygen atoms in total. The average Bonchev–Trinajstić information content (AvgIpc) is 2.41. The molecule has 1 aromatic rings. The van der Waals surface area contributed by atoms with Crippen LogP contribution in [0.25, 0.3) is 0 Å². The van der Waals surface area contributed by atoms with Gasteiger partial charge in [0.2, 0.25) is 10.0 Å². The number of hydrogen-bond acceptors (Lipinski definition) is 4. The predicted molar refractivity (Wildman–Crippen MR) is 73.5 cm³/mol. The van der Waals surface area contributed by atoms with Crippen LogP contribution in [0.4, 0.5) is 18.9 Å². The van der Waals surface area contributed by atoms with Crippen molar-refractivity contribution in [1.82, 2.24) is 9.71 Å². The van der Waals surface area contributed by atoms with Gasteiger partial charge in [0.05, 0.1) is 5.69 Å². The molecule has 0 aliphatic carbocycles. The molecule has 0 amide bonds. The highest BCUT2D eigenvalue weighted by Gasteiger charge is 2.26. The van der Waals surface area contributed by atoms with Crippen molar-refractivity contribution in [3.8, 4) is 0 Å². The van der Waals surface area contributed by atoms with E-state index in [1.165, 1.54) is 18.5 Å². The molecule has 21 heavy (non-hydrogen) atoms. The van der Waals surface area contributed by atoms with Crippen LogP contribution in [0.15, 0.2) is 23.4 Å². The van der Waals surface area contributed by atoms with Crippen LogP contribution in [-0.4, -0.2) is 32.7 Å². The maximum absolute atomic E-state index is 12.1. The zero-order valence-electron chi connectivity index (χ0n) is 11.6. The molecule has 1 heterocycles. The summed E-state index contributed by atoms with van der Waals surface area (Å²) in [6, 6.07) is 1.51. The normalized spacial score (nSPS) is 12.4. The summed E-state index contributed by atoms with van der Waals surface area (Å²) in [4.78, 5) is 3.68. The number of aromatic nitrogens is 1. The van der Waals surface area contributed by atoms with Crippen LogP contribution < -0.4 is 10.0 Å². The monoisotopic (exact) mass is 325 g/mol. The Morgan fingerprint density at radius 2 is 2.00 bits per heavy atom. The van der Waals surface area contributed by atoms with Crippen molar-refractivity contribution in [2.45, 2.75) is 37.3 Å². The number of pyridine rings is 1. The van der Waals surface area contributed by atoms with Gasteiger partial charge >= 0.3 is 6.18 Å². The van der Waals surface area contributed by atoms with E-state index in [0.29, 0.717) is 12.2 Å². The van der Waals surface area contributed by atoms with Crippen molar-refractivity contribution in [2.24, 2.45) is 0 Å². The number of hydrogen-bond donors (Lipinski definition) is 2. The predicted octanol–water partition coefficient (Wildman–Crippen LogP) is 2.52. The summed E-state index contributed by atoms with van der Waals surface area (Å²) < 4.78 is 62.3.